The molecule has 2 saturated heterocycles. The molecular formula is C17H23NO2. The number of benzene rings is 1. The summed E-state index contributed by atoms with van der Waals surface area (Å²) in [5.41, 5.74) is 1.50. The average Bonchev–Trinajstić information content (AvgIpc) is 2.41. The van der Waals surface area contributed by atoms with Crippen molar-refractivity contribution in [3.8, 4) is 0 Å². The first kappa shape index (κ1) is 13.6. The highest BCUT2D eigenvalue weighted by Crippen LogP contribution is 2.46. The average molecular weight is 273 g/mol. The summed E-state index contributed by atoms with van der Waals surface area (Å²) < 4.78 is 5.37. The molecule has 0 spiro atoms. The van der Waals surface area contributed by atoms with Crippen molar-refractivity contribution in [2.45, 2.75) is 38.8 Å². The smallest absolute Gasteiger partial charge is 0.254 e. The van der Waals surface area contributed by atoms with E-state index in [0.717, 1.165) is 19.4 Å². The van der Waals surface area contributed by atoms with Crippen molar-refractivity contribution in [2.75, 3.05) is 13.7 Å². The van der Waals surface area contributed by atoms with Gasteiger partial charge in [-0.1, -0.05) is 44.2 Å². The van der Waals surface area contributed by atoms with Gasteiger partial charge in [0.15, 0.2) is 6.10 Å². The summed E-state index contributed by atoms with van der Waals surface area (Å²) in [6, 6.07) is 10.8. The first-order chi connectivity index (χ1) is 9.53. The molecular weight excluding hydrogens is 250 g/mol. The normalized spacial score (nSPS) is 31.6. The lowest BCUT2D eigenvalue weighted by molar-refractivity contribution is -0.192. The fourth-order valence-corrected chi connectivity index (χ4v) is 4.07. The molecule has 108 valence electrons. The van der Waals surface area contributed by atoms with Crippen molar-refractivity contribution < 1.29 is 9.53 Å². The molecule has 3 heteroatoms. The van der Waals surface area contributed by atoms with E-state index >= 15 is 0 Å². The number of fused-ring (bicyclic) bond motifs is 1. The van der Waals surface area contributed by atoms with Gasteiger partial charge >= 0.3 is 0 Å². The summed E-state index contributed by atoms with van der Waals surface area (Å²) in [4.78, 5) is 14.1. The van der Waals surface area contributed by atoms with Crippen LogP contribution in [-0.2, 0) is 16.0 Å². The van der Waals surface area contributed by atoms with E-state index in [-0.39, 0.29) is 23.5 Å². The molecule has 2 fully saturated rings. The van der Waals surface area contributed by atoms with Crippen LogP contribution in [-0.4, -0.2) is 36.6 Å². The van der Waals surface area contributed by atoms with Crippen LogP contribution in [0.3, 0.4) is 0 Å². The van der Waals surface area contributed by atoms with Crippen molar-refractivity contribution in [3.05, 3.63) is 35.9 Å². The number of hydrogen-bond acceptors (Lipinski definition) is 2. The number of carbonyl (C=O) groups excluding carboxylic acids is 1. The Kier molecular flexibility index (Phi) is 3.33. The summed E-state index contributed by atoms with van der Waals surface area (Å²) in [5, 5.41) is 0. The molecule has 2 aliphatic rings. The Hall–Kier alpha value is -1.35. The zero-order chi connectivity index (χ0) is 14.3. The fraction of sp³-hybridized carbons (Fsp3) is 0.588. The number of carbonyl (C=O) groups is 1. The van der Waals surface area contributed by atoms with Crippen molar-refractivity contribution >= 4 is 5.91 Å². The first-order valence-corrected chi connectivity index (χ1v) is 7.40. The second-order valence-electron chi connectivity index (χ2n) is 6.84. The monoisotopic (exact) mass is 273 g/mol. The molecule has 1 amide bonds. The molecule has 3 atom stereocenters. The molecule has 0 saturated carbocycles. The standard InChI is InChI=1S/C17H23NO2/c1-17(2)10-13(9-12-7-5-4-6-8-12)11-18-15(17)14(20-3)16(18)19/h4-8,13-15H,9-11H2,1-3H3/t13-,14-,15-/m0/s1. The molecule has 0 N–H and O–H groups in total. The maximum atomic E-state index is 12.1. The van der Waals surface area contributed by atoms with Gasteiger partial charge in [-0.2, -0.15) is 0 Å². The predicted molar refractivity (Wildman–Crippen MR) is 78.3 cm³/mol. The Morgan fingerprint density at radius 1 is 1.30 bits per heavy atom. The third-order valence-corrected chi connectivity index (χ3v) is 4.84. The van der Waals surface area contributed by atoms with E-state index in [9.17, 15) is 4.79 Å². The highest BCUT2D eigenvalue weighted by molar-refractivity contribution is 5.89. The minimum atomic E-state index is -0.220. The van der Waals surface area contributed by atoms with Gasteiger partial charge in [0, 0.05) is 13.7 Å². The molecule has 3 nitrogen and oxygen atoms in total. The van der Waals surface area contributed by atoms with Gasteiger partial charge in [-0.05, 0) is 29.7 Å². The second kappa shape index (κ2) is 4.88. The van der Waals surface area contributed by atoms with E-state index in [1.54, 1.807) is 7.11 Å². The Morgan fingerprint density at radius 2 is 2.00 bits per heavy atom. The topological polar surface area (TPSA) is 29.5 Å². The Bertz CT molecular complexity index is 497. The van der Waals surface area contributed by atoms with Crippen LogP contribution < -0.4 is 0 Å². The Labute approximate surface area is 120 Å². The number of methoxy groups -OCH3 is 1. The first-order valence-electron chi connectivity index (χ1n) is 7.40. The number of hydrogen-bond donors (Lipinski definition) is 0. The molecule has 1 aromatic carbocycles. The van der Waals surface area contributed by atoms with Gasteiger partial charge in [0.05, 0.1) is 6.04 Å². The highest BCUT2D eigenvalue weighted by atomic mass is 16.5. The highest BCUT2D eigenvalue weighted by Gasteiger charge is 2.57. The summed E-state index contributed by atoms with van der Waals surface area (Å²) in [7, 11) is 1.64. The largest absolute Gasteiger partial charge is 0.369 e. The number of amides is 1. The number of piperidine rings is 1. The number of nitrogens with zero attached hydrogens (tertiary/aromatic N) is 1. The van der Waals surface area contributed by atoms with Crippen molar-refractivity contribution in [1.82, 2.24) is 4.90 Å². The maximum absolute atomic E-state index is 12.1. The molecule has 0 aromatic heterocycles. The number of rotatable bonds is 3. The quantitative estimate of drug-likeness (QED) is 0.792. The summed E-state index contributed by atoms with van der Waals surface area (Å²) in [5.74, 6) is 0.716. The van der Waals surface area contributed by atoms with E-state index in [0.29, 0.717) is 5.92 Å². The lowest BCUT2D eigenvalue weighted by Crippen LogP contribution is -2.73. The zero-order valence-corrected chi connectivity index (χ0v) is 12.5. The summed E-state index contributed by atoms with van der Waals surface area (Å²) in [6.07, 6.45) is 1.98. The van der Waals surface area contributed by atoms with Crippen molar-refractivity contribution in [1.29, 1.82) is 0 Å². The minimum Gasteiger partial charge on any atom is -0.369 e. The van der Waals surface area contributed by atoms with E-state index in [2.05, 4.69) is 38.1 Å². The Morgan fingerprint density at radius 3 is 2.65 bits per heavy atom. The summed E-state index contributed by atoms with van der Waals surface area (Å²) in [6.45, 7) is 5.41. The van der Waals surface area contributed by atoms with Gasteiger partial charge < -0.3 is 9.64 Å². The van der Waals surface area contributed by atoms with Crippen molar-refractivity contribution in [3.63, 3.8) is 0 Å². The number of β-lactam (4-membered cyclic amide) rings is 1. The third kappa shape index (κ3) is 2.14. The van der Waals surface area contributed by atoms with E-state index < -0.39 is 0 Å². The summed E-state index contributed by atoms with van der Waals surface area (Å²) >= 11 is 0. The second-order valence-corrected chi connectivity index (χ2v) is 6.84. The zero-order valence-electron chi connectivity index (χ0n) is 12.5. The van der Waals surface area contributed by atoms with E-state index in [4.69, 9.17) is 4.74 Å². The molecule has 0 unspecified atom stereocenters. The van der Waals surface area contributed by atoms with Gasteiger partial charge in [0.25, 0.3) is 5.91 Å². The van der Waals surface area contributed by atoms with Gasteiger partial charge in [-0.15, -0.1) is 0 Å². The molecule has 3 rings (SSSR count). The van der Waals surface area contributed by atoms with Crippen LogP contribution in [0.5, 0.6) is 0 Å². The molecule has 2 heterocycles. The lowest BCUT2D eigenvalue weighted by Gasteiger charge is -2.58. The molecule has 0 bridgehead atoms. The number of ether oxygens (including phenoxy) is 1. The van der Waals surface area contributed by atoms with E-state index in [1.165, 1.54) is 5.56 Å². The van der Waals surface area contributed by atoms with Crippen LogP contribution in [0.2, 0.25) is 0 Å². The van der Waals surface area contributed by atoms with Gasteiger partial charge in [-0.25, -0.2) is 0 Å². The van der Waals surface area contributed by atoms with Crippen LogP contribution in [0.25, 0.3) is 0 Å². The van der Waals surface area contributed by atoms with Crippen LogP contribution in [0.1, 0.15) is 25.8 Å². The molecule has 0 aliphatic carbocycles. The lowest BCUT2D eigenvalue weighted by atomic mass is 9.65. The van der Waals surface area contributed by atoms with E-state index in [1.807, 2.05) is 11.0 Å². The van der Waals surface area contributed by atoms with Crippen LogP contribution in [0.4, 0.5) is 0 Å². The molecule has 1 aromatic rings. The minimum absolute atomic E-state index is 0.131. The van der Waals surface area contributed by atoms with Gasteiger partial charge in [0.1, 0.15) is 0 Å². The van der Waals surface area contributed by atoms with Crippen LogP contribution in [0.15, 0.2) is 30.3 Å². The van der Waals surface area contributed by atoms with Gasteiger partial charge in [0.2, 0.25) is 0 Å². The van der Waals surface area contributed by atoms with Crippen molar-refractivity contribution in [2.24, 2.45) is 11.3 Å². The molecule has 2 aliphatic heterocycles. The van der Waals surface area contributed by atoms with Crippen LogP contribution in [0, 0.1) is 11.3 Å². The Balaban J connectivity index is 1.74. The molecule has 0 radical (unpaired) electrons. The third-order valence-electron chi connectivity index (χ3n) is 4.84. The predicted octanol–water partition coefficient (Wildman–Crippen LogP) is 2.50. The molecule has 20 heavy (non-hydrogen) atoms. The SMILES string of the molecule is CO[C@@H]1C(=O)N2C[C@@H](Cc3ccccc3)CC(C)(C)[C@H]12. The van der Waals surface area contributed by atoms with Gasteiger partial charge in [-0.3, -0.25) is 4.79 Å². The fourth-order valence-electron chi connectivity index (χ4n) is 4.07. The van der Waals surface area contributed by atoms with Crippen LogP contribution >= 0.6 is 0 Å². The maximum Gasteiger partial charge on any atom is 0.254 e.